The molecule has 2 rings (SSSR count). The van der Waals surface area contributed by atoms with E-state index in [0.717, 1.165) is 50.7 Å². The van der Waals surface area contributed by atoms with Crippen molar-refractivity contribution in [3.63, 3.8) is 0 Å². The highest BCUT2D eigenvalue weighted by atomic mass is 16.5. The molecule has 1 aliphatic heterocycles. The molecule has 2 unspecified atom stereocenters. The second-order valence-corrected chi connectivity index (χ2v) is 7.58. The van der Waals surface area contributed by atoms with Gasteiger partial charge in [-0.05, 0) is 24.7 Å². The second-order valence-electron chi connectivity index (χ2n) is 7.58. The van der Waals surface area contributed by atoms with Crippen LogP contribution < -0.4 is 5.32 Å². The van der Waals surface area contributed by atoms with Gasteiger partial charge in [0.2, 0.25) is 5.89 Å². The molecule has 0 aromatic carbocycles. The predicted octanol–water partition coefficient (Wildman–Crippen LogP) is 2.65. The monoisotopic (exact) mass is 294 g/mol. The van der Waals surface area contributed by atoms with E-state index in [9.17, 15) is 0 Å². The predicted molar refractivity (Wildman–Crippen MR) is 84.1 cm³/mol. The Labute approximate surface area is 128 Å². The molecule has 5 heteroatoms. The van der Waals surface area contributed by atoms with Crippen LogP contribution in [0.3, 0.4) is 0 Å². The minimum Gasteiger partial charge on any atom is -0.339 e. The SMILES string of the molecule is CC(Cc1nc(C(C)N2CCNCC2)no1)CC(C)(C)C. The number of nitrogens with one attached hydrogen (secondary N) is 1. The van der Waals surface area contributed by atoms with E-state index < -0.39 is 0 Å². The Morgan fingerprint density at radius 3 is 2.52 bits per heavy atom. The standard InChI is InChI=1S/C16H30N4O/c1-12(11-16(3,4)5)10-14-18-15(19-21-14)13(2)20-8-6-17-7-9-20/h12-13,17H,6-11H2,1-5H3. The van der Waals surface area contributed by atoms with Crippen molar-refractivity contribution in [1.29, 1.82) is 0 Å². The third-order valence-electron chi connectivity index (χ3n) is 4.04. The lowest BCUT2D eigenvalue weighted by atomic mass is 9.84. The summed E-state index contributed by atoms with van der Waals surface area (Å²) in [6.45, 7) is 15.4. The first-order valence-corrected chi connectivity index (χ1v) is 8.12. The van der Waals surface area contributed by atoms with Gasteiger partial charge in [-0.3, -0.25) is 4.90 Å². The van der Waals surface area contributed by atoms with Gasteiger partial charge in [-0.15, -0.1) is 0 Å². The van der Waals surface area contributed by atoms with E-state index in [1.165, 1.54) is 0 Å². The van der Waals surface area contributed by atoms with Crippen molar-refractivity contribution < 1.29 is 4.52 Å². The normalized spacial score (nSPS) is 20.4. The van der Waals surface area contributed by atoms with Crippen molar-refractivity contribution >= 4 is 0 Å². The quantitative estimate of drug-likeness (QED) is 0.905. The van der Waals surface area contributed by atoms with Crippen LogP contribution in [0.2, 0.25) is 0 Å². The van der Waals surface area contributed by atoms with E-state index in [2.05, 4.69) is 55.0 Å². The topological polar surface area (TPSA) is 54.2 Å². The summed E-state index contributed by atoms with van der Waals surface area (Å²) in [5, 5.41) is 7.56. The Kier molecular flexibility index (Phi) is 5.38. The maximum Gasteiger partial charge on any atom is 0.226 e. The molecule has 1 N–H and O–H groups in total. The first kappa shape index (κ1) is 16.4. The summed E-state index contributed by atoms with van der Waals surface area (Å²) in [5.41, 5.74) is 0.344. The van der Waals surface area contributed by atoms with Gasteiger partial charge in [-0.1, -0.05) is 32.9 Å². The summed E-state index contributed by atoms with van der Waals surface area (Å²) in [4.78, 5) is 7.02. The lowest BCUT2D eigenvalue weighted by Crippen LogP contribution is -2.44. The van der Waals surface area contributed by atoms with Crippen molar-refractivity contribution in [2.45, 2.75) is 53.5 Å². The fourth-order valence-electron chi connectivity index (χ4n) is 3.17. The number of aromatic nitrogens is 2. The molecule has 5 nitrogen and oxygen atoms in total. The van der Waals surface area contributed by atoms with Gasteiger partial charge in [0.25, 0.3) is 0 Å². The highest BCUT2D eigenvalue weighted by Crippen LogP contribution is 2.26. The van der Waals surface area contributed by atoms with Crippen LogP contribution in [0.4, 0.5) is 0 Å². The molecule has 0 bridgehead atoms. The van der Waals surface area contributed by atoms with Crippen molar-refractivity contribution in [3.05, 3.63) is 11.7 Å². The van der Waals surface area contributed by atoms with E-state index in [4.69, 9.17) is 4.52 Å². The first-order valence-electron chi connectivity index (χ1n) is 8.12. The number of rotatable bonds is 5. The molecule has 2 atom stereocenters. The van der Waals surface area contributed by atoms with Crippen LogP contribution in [-0.4, -0.2) is 41.2 Å². The fraction of sp³-hybridized carbons (Fsp3) is 0.875. The molecule has 1 saturated heterocycles. The van der Waals surface area contributed by atoms with Gasteiger partial charge in [-0.25, -0.2) is 0 Å². The Hall–Kier alpha value is -0.940. The van der Waals surface area contributed by atoms with Gasteiger partial charge in [0, 0.05) is 32.6 Å². The fourth-order valence-corrected chi connectivity index (χ4v) is 3.17. The lowest BCUT2D eigenvalue weighted by molar-refractivity contribution is 0.176. The number of nitrogens with zero attached hydrogens (tertiary/aromatic N) is 3. The molecule has 120 valence electrons. The summed E-state index contributed by atoms with van der Waals surface area (Å²) in [6.07, 6.45) is 2.04. The molecule has 0 amide bonds. The van der Waals surface area contributed by atoms with E-state index in [1.54, 1.807) is 0 Å². The Morgan fingerprint density at radius 1 is 1.24 bits per heavy atom. The molecule has 2 heterocycles. The van der Waals surface area contributed by atoms with Crippen molar-refractivity contribution in [1.82, 2.24) is 20.4 Å². The van der Waals surface area contributed by atoms with Crippen LogP contribution >= 0.6 is 0 Å². The summed E-state index contributed by atoms with van der Waals surface area (Å²) in [7, 11) is 0. The van der Waals surface area contributed by atoms with E-state index in [-0.39, 0.29) is 6.04 Å². The molecule has 1 aromatic heterocycles. The van der Waals surface area contributed by atoms with Crippen molar-refractivity contribution in [2.24, 2.45) is 11.3 Å². The Bertz CT molecular complexity index is 432. The van der Waals surface area contributed by atoms with Gasteiger partial charge in [0.1, 0.15) is 0 Å². The van der Waals surface area contributed by atoms with Crippen LogP contribution in [0.1, 0.15) is 58.8 Å². The first-order chi connectivity index (χ1) is 9.85. The lowest BCUT2D eigenvalue weighted by Gasteiger charge is -2.30. The van der Waals surface area contributed by atoms with Crippen molar-refractivity contribution in [3.8, 4) is 0 Å². The molecule has 0 aliphatic carbocycles. The minimum absolute atomic E-state index is 0.238. The van der Waals surface area contributed by atoms with Crippen molar-refractivity contribution in [2.75, 3.05) is 26.2 Å². The molecule has 1 aliphatic rings. The molecule has 21 heavy (non-hydrogen) atoms. The second kappa shape index (κ2) is 6.88. The summed E-state index contributed by atoms with van der Waals surface area (Å²) < 4.78 is 5.46. The third-order valence-corrected chi connectivity index (χ3v) is 4.04. The average Bonchev–Trinajstić information content (AvgIpc) is 2.85. The Balaban J connectivity index is 1.91. The third kappa shape index (κ3) is 5.08. The van der Waals surface area contributed by atoms with Gasteiger partial charge >= 0.3 is 0 Å². The Morgan fingerprint density at radius 2 is 1.90 bits per heavy atom. The van der Waals surface area contributed by atoms with Gasteiger partial charge < -0.3 is 9.84 Å². The highest BCUT2D eigenvalue weighted by molar-refractivity contribution is 4.95. The van der Waals surface area contributed by atoms with Gasteiger partial charge in [-0.2, -0.15) is 4.98 Å². The highest BCUT2D eigenvalue weighted by Gasteiger charge is 2.23. The largest absolute Gasteiger partial charge is 0.339 e. The minimum atomic E-state index is 0.238. The van der Waals surface area contributed by atoms with E-state index in [1.807, 2.05) is 0 Å². The maximum absolute atomic E-state index is 5.46. The van der Waals surface area contributed by atoms with E-state index in [0.29, 0.717) is 11.3 Å². The molecule has 0 spiro atoms. The molecular formula is C16H30N4O. The molecule has 0 radical (unpaired) electrons. The molecule has 1 aromatic rings. The zero-order valence-electron chi connectivity index (χ0n) is 14.1. The number of hydrogen-bond donors (Lipinski definition) is 1. The summed E-state index contributed by atoms with van der Waals surface area (Å²) in [5.74, 6) is 2.17. The maximum atomic E-state index is 5.46. The zero-order valence-corrected chi connectivity index (χ0v) is 14.1. The van der Waals surface area contributed by atoms with Crippen LogP contribution in [-0.2, 0) is 6.42 Å². The zero-order chi connectivity index (χ0) is 15.5. The van der Waals surface area contributed by atoms with Crippen LogP contribution in [0.25, 0.3) is 0 Å². The smallest absolute Gasteiger partial charge is 0.226 e. The van der Waals surface area contributed by atoms with Crippen LogP contribution in [0.15, 0.2) is 4.52 Å². The molecule has 0 saturated carbocycles. The summed E-state index contributed by atoms with van der Waals surface area (Å²) in [6, 6.07) is 0.238. The number of hydrogen-bond acceptors (Lipinski definition) is 5. The molecular weight excluding hydrogens is 264 g/mol. The van der Waals surface area contributed by atoms with Crippen LogP contribution in [0, 0.1) is 11.3 Å². The van der Waals surface area contributed by atoms with Gasteiger partial charge in [0.15, 0.2) is 5.82 Å². The van der Waals surface area contributed by atoms with E-state index >= 15 is 0 Å². The molecule has 1 fully saturated rings. The summed E-state index contributed by atoms with van der Waals surface area (Å²) >= 11 is 0. The average molecular weight is 294 g/mol. The van der Waals surface area contributed by atoms with Gasteiger partial charge in [0.05, 0.1) is 6.04 Å². The van der Waals surface area contributed by atoms with Crippen LogP contribution in [0.5, 0.6) is 0 Å². The number of piperazine rings is 1.